The van der Waals surface area contributed by atoms with Gasteiger partial charge in [-0.05, 0) is 44.0 Å². The lowest BCUT2D eigenvalue weighted by molar-refractivity contribution is -0.129. The number of carbonyl (C=O) groups excluding carboxylic acids is 2. The van der Waals surface area contributed by atoms with Gasteiger partial charge in [0, 0.05) is 6.04 Å². The van der Waals surface area contributed by atoms with Crippen molar-refractivity contribution in [2.45, 2.75) is 57.6 Å². The van der Waals surface area contributed by atoms with Crippen molar-refractivity contribution in [3.05, 3.63) is 29.8 Å². The Morgan fingerprint density at radius 2 is 1.73 bits per heavy atom. The van der Waals surface area contributed by atoms with Crippen LogP contribution in [0.5, 0.6) is 5.75 Å². The first-order valence-corrected chi connectivity index (χ1v) is 7.86. The summed E-state index contributed by atoms with van der Waals surface area (Å²) < 4.78 is 5.18. The Morgan fingerprint density at radius 1 is 1.14 bits per heavy atom. The molecule has 1 amide bonds. The molecule has 1 aromatic carbocycles. The van der Waals surface area contributed by atoms with Crippen LogP contribution in [0.2, 0.25) is 0 Å². The summed E-state index contributed by atoms with van der Waals surface area (Å²) in [5, 5.41) is 12.2. The quantitative estimate of drug-likeness (QED) is 0.662. The number of hydrogen-bond acceptors (Lipinski definition) is 4. The maximum Gasteiger partial charge on any atom is 0.338 e. The summed E-state index contributed by atoms with van der Waals surface area (Å²) in [6.45, 7) is 1.57. The molecule has 2 N–H and O–H groups in total. The Bertz CT molecular complexity index is 504. The van der Waals surface area contributed by atoms with Crippen LogP contribution in [0.15, 0.2) is 24.3 Å². The molecule has 0 unspecified atom stereocenters. The van der Waals surface area contributed by atoms with Gasteiger partial charge in [-0.1, -0.05) is 25.7 Å². The van der Waals surface area contributed by atoms with Crippen molar-refractivity contribution in [3.8, 4) is 5.75 Å². The van der Waals surface area contributed by atoms with Gasteiger partial charge < -0.3 is 15.2 Å². The number of benzene rings is 1. The van der Waals surface area contributed by atoms with E-state index in [1.807, 2.05) is 0 Å². The van der Waals surface area contributed by atoms with E-state index in [0.717, 1.165) is 25.7 Å². The molecule has 1 fully saturated rings. The van der Waals surface area contributed by atoms with E-state index in [-0.39, 0.29) is 17.7 Å². The summed E-state index contributed by atoms with van der Waals surface area (Å²) in [6.07, 6.45) is 5.85. The van der Waals surface area contributed by atoms with Gasteiger partial charge in [-0.2, -0.15) is 0 Å². The van der Waals surface area contributed by atoms with E-state index in [9.17, 15) is 14.7 Å². The Labute approximate surface area is 130 Å². The average molecular weight is 305 g/mol. The molecule has 5 heteroatoms. The molecule has 1 atom stereocenters. The summed E-state index contributed by atoms with van der Waals surface area (Å²) in [7, 11) is 0. The lowest BCUT2D eigenvalue weighted by atomic mass is 10.1. The van der Waals surface area contributed by atoms with E-state index in [1.54, 1.807) is 6.92 Å². The van der Waals surface area contributed by atoms with Gasteiger partial charge in [-0.15, -0.1) is 0 Å². The maximum absolute atomic E-state index is 12.1. The number of phenolic OH excluding ortho intramolecular Hbond substituents is 1. The minimum Gasteiger partial charge on any atom is -0.508 e. The number of amides is 1. The van der Waals surface area contributed by atoms with Crippen LogP contribution >= 0.6 is 0 Å². The minimum absolute atomic E-state index is 0.0794. The molecule has 1 aliphatic carbocycles. The molecule has 5 nitrogen and oxygen atoms in total. The molecular weight excluding hydrogens is 282 g/mol. The maximum atomic E-state index is 12.1. The third kappa shape index (κ3) is 4.76. The second kappa shape index (κ2) is 7.82. The molecule has 0 heterocycles. The van der Waals surface area contributed by atoms with Crippen molar-refractivity contribution < 1.29 is 19.4 Å². The van der Waals surface area contributed by atoms with E-state index < -0.39 is 12.1 Å². The topological polar surface area (TPSA) is 75.6 Å². The third-order valence-electron chi connectivity index (χ3n) is 3.96. The second-order valence-corrected chi connectivity index (χ2v) is 5.79. The lowest BCUT2D eigenvalue weighted by Gasteiger charge is -2.19. The first-order chi connectivity index (χ1) is 10.6. The van der Waals surface area contributed by atoms with Crippen molar-refractivity contribution >= 4 is 11.9 Å². The molecule has 22 heavy (non-hydrogen) atoms. The summed E-state index contributed by atoms with van der Waals surface area (Å²) in [5.41, 5.74) is 0.312. The van der Waals surface area contributed by atoms with E-state index in [0.29, 0.717) is 5.56 Å². The van der Waals surface area contributed by atoms with E-state index in [4.69, 9.17) is 4.74 Å². The molecule has 0 radical (unpaired) electrons. The molecular formula is C17H23NO4. The van der Waals surface area contributed by atoms with Gasteiger partial charge in [0.1, 0.15) is 5.75 Å². The first kappa shape index (κ1) is 16.3. The molecule has 1 aliphatic rings. The van der Waals surface area contributed by atoms with Gasteiger partial charge in [0.15, 0.2) is 6.10 Å². The molecule has 0 saturated heterocycles. The molecule has 0 aromatic heterocycles. The molecule has 1 aromatic rings. The number of aromatic hydroxyl groups is 1. The second-order valence-electron chi connectivity index (χ2n) is 5.79. The Hall–Kier alpha value is -2.04. The Kier molecular flexibility index (Phi) is 5.81. The highest BCUT2D eigenvalue weighted by atomic mass is 16.5. The summed E-state index contributed by atoms with van der Waals surface area (Å²) in [4.78, 5) is 24.1. The van der Waals surface area contributed by atoms with Gasteiger partial charge in [0.05, 0.1) is 5.56 Å². The van der Waals surface area contributed by atoms with Crippen LogP contribution in [0.3, 0.4) is 0 Å². The Morgan fingerprint density at radius 3 is 2.32 bits per heavy atom. The zero-order chi connectivity index (χ0) is 15.9. The van der Waals surface area contributed by atoms with Crippen molar-refractivity contribution in [3.63, 3.8) is 0 Å². The zero-order valence-corrected chi connectivity index (χ0v) is 12.9. The number of hydrogen-bond donors (Lipinski definition) is 2. The number of phenols is 1. The molecule has 0 bridgehead atoms. The van der Waals surface area contributed by atoms with Crippen molar-refractivity contribution in [1.82, 2.24) is 5.32 Å². The largest absolute Gasteiger partial charge is 0.508 e. The van der Waals surface area contributed by atoms with Crippen LogP contribution in [0.4, 0.5) is 0 Å². The number of nitrogens with one attached hydrogen (secondary N) is 1. The predicted octanol–water partition coefficient (Wildman–Crippen LogP) is 2.78. The smallest absolute Gasteiger partial charge is 0.338 e. The monoisotopic (exact) mass is 305 g/mol. The van der Waals surface area contributed by atoms with Gasteiger partial charge in [-0.25, -0.2) is 4.79 Å². The van der Waals surface area contributed by atoms with Gasteiger partial charge >= 0.3 is 5.97 Å². The highest BCUT2D eigenvalue weighted by molar-refractivity contribution is 5.92. The highest BCUT2D eigenvalue weighted by Crippen LogP contribution is 2.17. The lowest BCUT2D eigenvalue weighted by Crippen LogP contribution is -2.41. The normalized spacial score (nSPS) is 17.3. The first-order valence-electron chi connectivity index (χ1n) is 7.86. The fourth-order valence-electron chi connectivity index (χ4n) is 2.62. The van der Waals surface area contributed by atoms with Crippen molar-refractivity contribution in [1.29, 1.82) is 0 Å². The highest BCUT2D eigenvalue weighted by Gasteiger charge is 2.22. The molecule has 0 aliphatic heterocycles. The van der Waals surface area contributed by atoms with E-state index in [1.165, 1.54) is 37.1 Å². The third-order valence-corrected chi connectivity index (χ3v) is 3.96. The minimum atomic E-state index is -0.829. The number of carbonyl (C=O) groups is 2. The van der Waals surface area contributed by atoms with Gasteiger partial charge in [0.25, 0.3) is 5.91 Å². The van der Waals surface area contributed by atoms with Crippen LogP contribution in [0.1, 0.15) is 55.8 Å². The van der Waals surface area contributed by atoms with Crippen LogP contribution in [-0.2, 0) is 9.53 Å². The standard InChI is InChI=1S/C17H23NO4/c1-12(16(20)18-14-6-4-2-3-5-7-14)22-17(21)13-8-10-15(19)11-9-13/h8-12,14,19H,2-7H2,1H3,(H,18,20)/t12-/m1/s1. The van der Waals surface area contributed by atoms with Crippen LogP contribution in [-0.4, -0.2) is 29.1 Å². The number of esters is 1. The van der Waals surface area contributed by atoms with E-state index >= 15 is 0 Å². The summed E-state index contributed by atoms with van der Waals surface area (Å²) in [6, 6.07) is 5.94. The zero-order valence-electron chi connectivity index (χ0n) is 12.9. The van der Waals surface area contributed by atoms with Crippen molar-refractivity contribution in [2.75, 3.05) is 0 Å². The van der Waals surface area contributed by atoms with Crippen LogP contribution in [0.25, 0.3) is 0 Å². The molecule has 0 spiro atoms. The average Bonchev–Trinajstić information content (AvgIpc) is 2.76. The summed E-state index contributed by atoms with van der Waals surface area (Å²) in [5.74, 6) is -0.738. The van der Waals surface area contributed by atoms with Gasteiger partial charge in [-0.3, -0.25) is 4.79 Å². The number of rotatable bonds is 4. The Balaban J connectivity index is 1.84. The van der Waals surface area contributed by atoms with Crippen LogP contribution < -0.4 is 5.32 Å². The number of ether oxygens (including phenoxy) is 1. The molecule has 2 rings (SSSR count). The summed E-state index contributed by atoms with van der Waals surface area (Å²) >= 11 is 0. The fourth-order valence-corrected chi connectivity index (χ4v) is 2.62. The SMILES string of the molecule is C[C@@H](OC(=O)c1ccc(O)cc1)C(=O)NC1CCCCCC1. The van der Waals surface area contributed by atoms with E-state index in [2.05, 4.69) is 5.32 Å². The predicted molar refractivity (Wildman–Crippen MR) is 82.6 cm³/mol. The molecule has 120 valence electrons. The van der Waals surface area contributed by atoms with Crippen LogP contribution in [0, 0.1) is 0 Å². The fraction of sp³-hybridized carbons (Fsp3) is 0.529. The molecule has 1 saturated carbocycles. The van der Waals surface area contributed by atoms with Crippen molar-refractivity contribution in [2.24, 2.45) is 0 Å². The van der Waals surface area contributed by atoms with Gasteiger partial charge in [0.2, 0.25) is 0 Å².